The van der Waals surface area contributed by atoms with Gasteiger partial charge in [-0.25, -0.2) is 0 Å². The normalized spacial score (nSPS) is 26.2. The van der Waals surface area contributed by atoms with E-state index in [1.807, 2.05) is 0 Å². The van der Waals surface area contributed by atoms with Crippen LogP contribution in [-0.4, -0.2) is 49.2 Å². The van der Waals surface area contributed by atoms with Crippen molar-refractivity contribution in [1.29, 1.82) is 0 Å². The molecule has 0 aromatic heterocycles. The van der Waals surface area contributed by atoms with E-state index in [9.17, 15) is 4.79 Å². The van der Waals surface area contributed by atoms with E-state index in [0.29, 0.717) is 30.4 Å². The molecule has 1 amide bonds. The van der Waals surface area contributed by atoms with Gasteiger partial charge in [0.2, 0.25) is 5.91 Å². The van der Waals surface area contributed by atoms with Gasteiger partial charge in [-0.2, -0.15) is 0 Å². The van der Waals surface area contributed by atoms with Gasteiger partial charge in [-0.05, 0) is 51.0 Å². The summed E-state index contributed by atoms with van der Waals surface area (Å²) in [4.78, 5) is 14.6. The minimum Gasteiger partial charge on any atom is -0.378 e. The van der Waals surface area contributed by atoms with Gasteiger partial charge in [0.15, 0.2) is 0 Å². The summed E-state index contributed by atoms with van der Waals surface area (Å²) in [5.74, 6) is 0.841. The monoisotopic (exact) mass is 296 g/mol. The zero-order chi connectivity index (χ0) is 15.1. The minimum absolute atomic E-state index is 0.312. The van der Waals surface area contributed by atoms with Crippen LogP contribution in [0.1, 0.15) is 58.8 Å². The van der Waals surface area contributed by atoms with E-state index in [4.69, 9.17) is 4.74 Å². The lowest BCUT2D eigenvalue weighted by atomic mass is 10.0. The standard InChI is InChI=1S/C17H32N2O2/c1-14(2)12-19(13-15-6-5-10-18-15)17(20)9-8-16-7-3-4-11-21-16/h14-16,18H,3-13H2,1-2H3. The molecule has 0 radical (unpaired) electrons. The maximum atomic E-state index is 12.6. The van der Waals surface area contributed by atoms with Gasteiger partial charge in [0, 0.05) is 32.2 Å². The second-order valence-electron chi connectivity index (χ2n) is 7.01. The third kappa shape index (κ3) is 5.95. The summed E-state index contributed by atoms with van der Waals surface area (Å²) in [5, 5.41) is 3.50. The molecule has 2 unspecified atom stereocenters. The molecule has 2 aliphatic heterocycles. The van der Waals surface area contributed by atoms with E-state index in [2.05, 4.69) is 24.1 Å². The molecule has 2 rings (SSSR count). The van der Waals surface area contributed by atoms with E-state index < -0.39 is 0 Å². The van der Waals surface area contributed by atoms with Crippen molar-refractivity contribution in [3.05, 3.63) is 0 Å². The van der Waals surface area contributed by atoms with Crippen LogP contribution in [-0.2, 0) is 9.53 Å². The Balaban J connectivity index is 1.77. The molecule has 21 heavy (non-hydrogen) atoms. The van der Waals surface area contributed by atoms with Crippen LogP contribution in [0, 0.1) is 5.92 Å². The largest absolute Gasteiger partial charge is 0.378 e. The molecule has 0 aromatic carbocycles. The fraction of sp³-hybridized carbons (Fsp3) is 0.941. The second-order valence-corrected chi connectivity index (χ2v) is 7.01. The number of ether oxygens (including phenoxy) is 1. The van der Waals surface area contributed by atoms with Crippen LogP contribution in [0.3, 0.4) is 0 Å². The zero-order valence-electron chi connectivity index (χ0n) is 13.8. The summed E-state index contributed by atoms with van der Waals surface area (Å²) in [6.45, 7) is 8.11. The summed E-state index contributed by atoms with van der Waals surface area (Å²) in [6.07, 6.45) is 7.85. The second kappa shape index (κ2) is 8.74. The van der Waals surface area contributed by atoms with Crippen LogP contribution < -0.4 is 5.32 Å². The van der Waals surface area contributed by atoms with Crippen molar-refractivity contribution in [3.63, 3.8) is 0 Å². The third-order valence-corrected chi connectivity index (χ3v) is 4.50. The number of carbonyl (C=O) groups is 1. The molecule has 4 nitrogen and oxygen atoms in total. The smallest absolute Gasteiger partial charge is 0.222 e. The summed E-state index contributed by atoms with van der Waals surface area (Å²) >= 11 is 0. The summed E-state index contributed by atoms with van der Waals surface area (Å²) in [7, 11) is 0. The minimum atomic E-state index is 0.312. The van der Waals surface area contributed by atoms with E-state index >= 15 is 0 Å². The van der Waals surface area contributed by atoms with Gasteiger partial charge in [0.25, 0.3) is 0 Å². The van der Waals surface area contributed by atoms with Crippen molar-refractivity contribution in [1.82, 2.24) is 10.2 Å². The van der Waals surface area contributed by atoms with E-state index in [1.54, 1.807) is 0 Å². The van der Waals surface area contributed by atoms with Gasteiger partial charge >= 0.3 is 0 Å². The lowest BCUT2D eigenvalue weighted by Crippen LogP contribution is -2.43. The van der Waals surface area contributed by atoms with Crippen LogP contribution in [0.4, 0.5) is 0 Å². The topological polar surface area (TPSA) is 41.6 Å². The lowest BCUT2D eigenvalue weighted by Gasteiger charge is -2.29. The first-order valence-corrected chi connectivity index (χ1v) is 8.78. The molecule has 0 aliphatic carbocycles. The predicted molar refractivity (Wildman–Crippen MR) is 85.3 cm³/mol. The van der Waals surface area contributed by atoms with Crippen molar-refractivity contribution in [3.8, 4) is 0 Å². The molecule has 122 valence electrons. The molecule has 1 N–H and O–H groups in total. The Hall–Kier alpha value is -0.610. The molecule has 0 spiro atoms. The Bertz CT molecular complexity index is 308. The lowest BCUT2D eigenvalue weighted by molar-refractivity contribution is -0.133. The quantitative estimate of drug-likeness (QED) is 0.785. The Kier molecular flexibility index (Phi) is 6.97. The van der Waals surface area contributed by atoms with Crippen LogP contribution >= 0.6 is 0 Å². The SMILES string of the molecule is CC(C)CN(CC1CCCN1)C(=O)CCC1CCCCO1. The van der Waals surface area contributed by atoms with Crippen LogP contribution in [0.2, 0.25) is 0 Å². The maximum Gasteiger partial charge on any atom is 0.222 e. The summed E-state index contributed by atoms with van der Waals surface area (Å²) < 4.78 is 5.74. The number of amides is 1. The molecular formula is C17H32N2O2. The highest BCUT2D eigenvalue weighted by Gasteiger charge is 2.23. The van der Waals surface area contributed by atoms with E-state index in [1.165, 1.54) is 25.7 Å². The molecule has 2 aliphatic rings. The molecular weight excluding hydrogens is 264 g/mol. The highest BCUT2D eigenvalue weighted by atomic mass is 16.5. The highest BCUT2D eigenvalue weighted by molar-refractivity contribution is 5.76. The number of nitrogens with zero attached hydrogens (tertiary/aromatic N) is 1. The first-order chi connectivity index (χ1) is 10.1. The van der Waals surface area contributed by atoms with Crippen molar-refractivity contribution in [2.75, 3.05) is 26.2 Å². The van der Waals surface area contributed by atoms with Crippen LogP contribution in [0.25, 0.3) is 0 Å². The molecule has 0 saturated carbocycles. The highest BCUT2D eigenvalue weighted by Crippen LogP contribution is 2.18. The van der Waals surface area contributed by atoms with Crippen molar-refractivity contribution in [2.24, 2.45) is 5.92 Å². The molecule has 2 heterocycles. The molecule has 2 atom stereocenters. The Morgan fingerprint density at radius 1 is 1.29 bits per heavy atom. The van der Waals surface area contributed by atoms with Crippen molar-refractivity contribution >= 4 is 5.91 Å². The Morgan fingerprint density at radius 3 is 2.76 bits per heavy atom. The first-order valence-electron chi connectivity index (χ1n) is 8.78. The number of carbonyl (C=O) groups excluding carboxylic acids is 1. The average molecular weight is 296 g/mol. The Morgan fingerprint density at radius 2 is 2.14 bits per heavy atom. The maximum absolute atomic E-state index is 12.6. The van der Waals surface area contributed by atoms with Crippen LogP contribution in [0.5, 0.6) is 0 Å². The van der Waals surface area contributed by atoms with Crippen molar-refractivity contribution in [2.45, 2.75) is 70.9 Å². The zero-order valence-corrected chi connectivity index (χ0v) is 13.8. The summed E-state index contributed by atoms with van der Waals surface area (Å²) in [6, 6.07) is 0.499. The van der Waals surface area contributed by atoms with Gasteiger partial charge < -0.3 is 15.0 Å². The first kappa shape index (κ1) is 16.8. The van der Waals surface area contributed by atoms with Gasteiger partial charge in [-0.3, -0.25) is 4.79 Å². The molecule has 0 bridgehead atoms. The fourth-order valence-corrected chi connectivity index (χ4v) is 3.38. The molecule has 4 heteroatoms. The van der Waals surface area contributed by atoms with Gasteiger partial charge in [-0.1, -0.05) is 13.8 Å². The predicted octanol–water partition coefficient (Wildman–Crippen LogP) is 2.57. The third-order valence-electron chi connectivity index (χ3n) is 4.50. The number of hydrogen-bond acceptors (Lipinski definition) is 3. The van der Waals surface area contributed by atoms with Gasteiger partial charge in [0.05, 0.1) is 6.10 Å². The Labute approximate surface area is 129 Å². The number of rotatable bonds is 7. The fourth-order valence-electron chi connectivity index (χ4n) is 3.38. The molecule has 2 fully saturated rings. The van der Waals surface area contributed by atoms with Gasteiger partial charge in [-0.15, -0.1) is 0 Å². The van der Waals surface area contributed by atoms with Crippen molar-refractivity contribution < 1.29 is 9.53 Å². The number of nitrogens with one attached hydrogen (secondary N) is 1. The number of hydrogen-bond donors (Lipinski definition) is 1. The summed E-state index contributed by atoms with van der Waals surface area (Å²) in [5.41, 5.74) is 0. The van der Waals surface area contributed by atoms with Crippen LogP contribution in [0.15, 0.2) is 0 Å². The van der Waals surface area contributed by atoms with E-state index in [-0.39, 0.29) is 0 Å². The average Bonchev–Trinajstić information content (AvgIpc) is 2.98. The van der Waals surface area contributed by atoms with Gasteiger partial charge in [0.1, 0.15) is 0 Å². The van der Waals surface area contributed by atoms with E-state index in [0.717, 1.165) is 39.1 Å². The molecule has 2 saturated heterocycles. The molecule has 0 aromatic rings.